The summed E-state index contributed by atoms with van der Waals surface area (Å²) in [6.45, 7) is 0.645. The van der Waals surface area contributed by atoms with E-state index >= 15 is 0 Å². The Morgan fingerprint density at radius 1 is 1.50 bits per heavy atom. The smallest absolute Gasteiger partial charge is 0.219 e. The maximum absolute atomic E-state index is 5.07. The van der Waals surface area contributed by atoms with E-state index < -0.39 is 0 Å². The number of methoxy groups -OCH3 is 1. The summed E-state index contributed by atoms with van der Waals surface area (Å²) in [5.41, 5.74) is 3.42. The van der Waals surface area contributed by atoms with Gasteiger partial charge in [0.15, 0.2) is 5.69 Å². The van der Waals surface area contributed by atoms with Crippen molar-refractivity contribution in [3.8, 4) is 0 Å². The summed E-state index contributed by atoms with van der Waals surface area (Å²) in [6, 6.07) is 6.10. The highest BCUT2D eigenvalue weighted by Crippen LogP contribution is 2.24. The number of ether oxygens (including phenoxy) is 1. The van der Waals surface area contributed by atoms with Gasteiger partial charge in [-0.1, -0.05) is 0 Å². The van der Waals surface area contributed by atoms with E-state index in [0.717, 1.165) is 11.3 Å². The minimum atomic E-state index is 0.645. The van der Waals surface area contributed by atoms with Gasteiger partial charge in [-0.3, -0.25) is 5.32 Å². The first-order valence-electron chi connectivity index (χ1n) is 3.87. The van der Waals surface area contributed by atoms with E-state index in [1.165, 1.54) is 5.56 Å². The molecule has 1 aromatic carbocycles. The van der Waals surface area contributed by atoms with Crippen LogP contribution in [0.25, 0.3) is 0 Å². The van der Waals surface area contributed by atoms with Crippen LogP contribution in [0, 0.1) is 6.08 Å². The Balaban J connectivity index is 2.41. The van der Waals surface area contributed by atoms with Crippen molar-refractivity contribution < 1.29 is 4.74 Å². The molecule has 12 heavy (non-hydrogen) atoms. The zero-order chi connectivity index (χ0) is 8.39. The van der Waals surface area contributed by atoms with Gasteiger partial charge in [0, 0.05) is 19.2 Å². The number of anilines is 1. The van der Waals surface area contributed by atoms with Crippen molar-refractivity contribution in [2.24, 2.45) is 0 Å². The van der Waals surface area contributed by atoms with Crippen LogP contribution in [-0.4, -0.2) is 7.11 Å². The molecule has 1 aliphatic heterocycles. The first-order chi connectivity index (χ1) is 5.92. The predicted octanol–water partition coefficient (Wildman–Crippen LogP) is 1.92. The Morgan fingerprint density at radius 3 is 3.25 bits per heavy atom. The molecule has 60 valence electrons. The molecular weight excluding hydrogens is 150 g/mol. The second kappa shape index (κ2) is 2.94. The summed E-state index contributed by atoms with van der Waals surface area (Å²) in [5, 5.41) is 3.11. The number of benzene rings is 1. The number of hydrogen-bond acceptors (Lipinski definition) is 2. The molecule has 2 heteroatoms. The summed E-state index contributed by atoms with van der Waals surface area (Å²) in [5.74, 6) is 0. The normalized spacial score (nSPS) is 12.1. The monoisotopic (exact) mass is 160 g/mol. The lowest BCUT2D eigenvalue weighted by Crippen LogP contribution is -1.92. The molecule has 1 aromatic rings. The van der Waals surface area contributed by atoms with Crippen molar-refractivity contribution in [1.82, 2.24) is 0 Å². The van der Waals surface area contributed by atoms with Crippen LogP contribution in [0.15, 0.2) is 24.4 Å². The molecule has 0 saturated heterocycles. The van der Waals surface area contributed by atoms with E-state index in [1.54, 1.807) is 7.11 Å². The van der Waals surface area contributed by atoms with Gasteiger partial charge in [0.1, 0.15) is 12.8 Å². The minimum Gasteiger partial charge on any atom is -0.366 e. The highest BCUT2D eigenvalue weighted by atomic mass is 16.5. The third kappa shape index (κ3) is 1.07. The van der Waals surface area contributed by atoms with Crippen LogP contribution in [0.5, 0.6) is 0 Å². The molecule has 0 radical (unpaired) electrons. The largest absolute Gasteiger partial charge is 0.366 e. The Hall–Kier alpha value is -1.37. The van der Waals surface area contributed by atoms with Gasteiger partial charge in [-0.25, -0.2) is 0 Å². The predicted molar refractivity (Wildman–Crippen MR) is 47.7 cm³/mol. The Bertz CT molecular complexity index is 318. The van der Waals surface area contributed by atoms with Gasteiger partial charge in [0.2, 0.25) is 5.56 Å². The molecule has 1 aliphatic rings. The van der Waals surface area contributed by atoms with E-state index in [-0.39, 0.29) is 0 Å². The van der Waals surface area contributed by atoms with E-state index in [0.29, 0.717) is 6.61 Å². The molecular formula is C10H10NO+. The zero-order valence-corrected chi connectivity index (χ0v) is 6.92. The van der Waals surface area contributed by atoms with Gasteiger partial charge in [-0.2, -0.15) is 0 Å². The fourth-order valence-corrected chi connectivity index (χ4v) is 1.35. The summed E-state index contributed by atoms with van der Waals surface area (Å²) < 4.78 is 5.07. The molecule has 0 amide bonds. The van der Waals surface area contributed by atoms with Crippen LogP contribution < -0.4 is 5.32 Å². The van der Waals surface area contributed by atoms with Crippen LogP contribution in [-0.2, 0) is 11.3 Å². The third-order valence-corrected chi connectivity index (χ3v) is 1.89. The third-order valence-electron chi connectivity index (χ3n) is 1.89. The molecule has 0 bridgehead atoms. The summed E-state index contributed by atoms with van der Waals surface area (Å²) >= 11 is 0. The van der Waals surface area contributed by atoms with Crippen LogP contribution >= 0.6 is 0 Å². The standard InChI is InChI=1S/C10H10NO/c1-12-7-8-3-2-4-10-9(8)5-6-11-10/h2-4,6,11H,7H2,1H3/q+1. The van der Waals surface area contributed by atoms with Gasteiger partial charge >= 0.3 is 0 Å². The van der Waals surface area contributed by atoms with E-state index in [2.05, 4.69) is 17.5 Å². The average molecular weight is 160 g/mol. The molecule has 0 unspecified atom stereocenters. The SMILES string of the molecule is COCc1cccc2c1[C+]=CN2. The lowest BCUT2D eigenvalue weighted by atomic mass is 10.1. The van der Waals surface area contributed by atoms with Gasteiger partial charge in [-0.05, 0) is 6.07 Å². The number of fused-ring (bicyclic) bond motifs is 1. The van der Waals surface area contributed by atoms with Crippen molar-refractivity contribution in [1.29, 1.82) is 0 Å². The molecule has 0 aromatic heterocycles. The second-order valence-electron chi connectivity index (χ2n) is 2.71. The maximum atomic E-state index is 5.07. The van der Waals surface area contributed by atoms with Crippen molar-refractivity contribution in [3.05, 3.63) is 41.6 Å². The fraction of sp³-hybridized carbons (Fsp3) is 0.200. The van der Waals surface area contributed by atoms with Crippen molar-refractivity contribution in [3.63, 3.8) is 0 Å². The van der Waals surface area contributed by atoms with Crippen molar-refractivity contribution in [2.75, 3.05) is 12.4 Å². The quantitative estimate of drug-likeness (QED) is 0.667. The van der Waals surface area contributed by atoms with E-state index in [4.69, 9.17) is 4.74 Å². The number of hydrogen-bond donors (Lipinski definition) is 1. The lowest BCUT2D eigenvalue weighted by molar-refractivity contribution is 0.184. The van der Waals surface area contributed by atoms with Crippen LogP contribution in [0.3, 0.4) is 0 Å². The highest BCUT2D eigenvalue weighted by Gasteiger charge is 2.19. The Kier molecular flexibility index (Phi) is 1.78. The summed E-state index contributed by atoms with van der Waals surface area (Å²) in [4.78, 5) is 0. The van der Waals surface area contributed by atoms with Gasteiger partial charge in [0.25, 0.3) is 0 Å². The molecule has 2 nitrogen and oxygen atoms in total. The molecule has 0 spiro atoms. The van der Waals surface area contributed by atoms with Gasteiger partial charge in [-0.15, -0.1) is 0 Å². The summed E-state index contributed by atoms with van der Waals surface area (Å²) in [6.07, 6.45) is 4.96. The van der Waals surface area contributed by atoms with Crippen molar-refractivity contribution in [2.45, 2.75) is 6.61 Å². The molecule has 0 atom stereocenters. The second-order valence-corrected chi connectivity index (χ2v) is 2.71. The highest BCUT2D eigenvalue weighted by molar-refractivity contribution is 5.63. The van der Waals surface area contributed by atoms with Crippen LogP contribution in [0.2, 0.25) is 0 Å². The van der Waals surface area contributed by atoms with E-state index in [9.17, 15) is 0 Å². The Labute approximate surface area is 71.9 Å². The molecule has 0 fully saturated rings. The first-order valence-corrected chi connectivity index (χ1v) is 3.87. The van der Waals surface area contributed by atoms with Crippen LogP contribution in [0.1, 0.15) is 11.1 Å². The lowest BCUT2D eigenvalue weighted by Gasteiger charge is -1.96. The minimum absolute atomic E-state index is 0.645. The number of rotatable bonds is 2. The average Bonchev–Trinajstić information content (AvgIpc) is 2.53. The number of nitrogens with one attached hydrogen (secondary N) is 1. The zero-order valence-electron chi connectivity index (χ0n) is 6.92. The maximum Gasteiger partial charge on any atom is 0.219 e. The molecule has 0 aliphatic carbocycles. The molecule has 0 saturated carbocycles. The molecule has 1 N–H and O–H groups in total. The van der Waals surface area contributed by atoms with Gasteiger partial charge < -0.3 is 4.74 Å². The van der Waals surface area contributed by atoms with Crippen LogP contribution in [0.4, 0.5) is 5.69 Å². The van der Waals surface area contributed by atoms with Crippen molar-refractivity contribution >= 4 is 5.69 Å². The molecule has 1 heterocycles. The Morgan fingerprint density at radius 2 is 2.42 bits per heavy atom. The van der Waals surface area contributed by atoms with Gasteiger partial charge in [0.05, 0.1) is 11.6 Å². The van der Waals surface area contributed by atoms with E-state index in [1.807, 2.05) is 18.3 Å². The summed E-state index contributed by atoms with van der Waals surface area (Å²) in [7, 11) is 1.70. The topological polar surface area (TPSA) is 21.3 Å². The molecule has 2 rings (SSSR count). The first kappa shape index (κ1) is 7.29. The fourth-order valence-electron chi connectivity index (χ4n) is 1.35.